The van der Waals surface area contributed by atoms with E-state index in [4.69, 9.17) is 35.1 Å². The molecule has 0 spiro atoms. The van der Waals surface area contributed by atoms with Crippen molar-refractivity contribution in [1.82, 2.24) is 0 Å². The molecule has 0 N–H and O–H groups in total. The zero-order valence-electron chi connectivity index (χ0n) is 5.37. The Hall–Kier alpha value is -0.717. The van der Waals surface area contributed by atoms with Gasteiger partial charge >= 0.3 is 0 Å². The number of carbonyl (C=O) groups is 2. The van der Waals surface area contributed by atoms with E-state index in [2.05, 4.69) is 0 Å². The van der Waals surface area contributed by atoms with E-state index in [1.165, 1.54) is 0 Å². The van der Waals surface area contributed by atoms with E-state index in [1.54, 1.807) is 0 Å². The normalized spacial score (nSPS) is 5.67. The Balaban J connectivity index is -0.0000000483. The van der Waals surface area contributed by atoms with Gasteiger partial charge in [0, 0.05) is 36.5 Å². The van der Waals surface area contributed by atoms with Crippen LogP contribution in [0.15, 0.2) is 0 Å². The largest absolute Gasteiger partial charge is 0.543 e. The minimum atomic E-state index is -2.19. The van der Waals surface area contributed by atoms with Crippen LogP contribution in [-0.4, -0.2) is 17.0 Å². The molecule has 0 bridgehead atoms. The molecule has 0 radical (unpaired) electrons. The maximum Gasteiger partial charge on any atom is 0.0870 e. The summed E-state index contributed by atoms with van der Waals surface area (Å²) in [4.78, 5) is 26.1. The van der Waals surface area contributed by atoms with Crippen LogP contribution in [0.25, 0.3) is 0 Å². The van der Waals surface area contributed by atoms with Crippen molar-refractivity contribution in [2.75, 3.05) is 0 Å². The van der Waals surface area contributed by atoms with Crippen LogP contribution < -0.4 is 10.2 Å². The maximum atomic E-state index is 8.93. The molecular formula is C2FeNO7Zn-3. The van der Waals surface area contributed by atoms with Crippen LogP contribution in [0.2, 0.25) is 0 Å². The molecule has 0 aromatic rings. The number of nitrogens with zero attached hydrogens (tertiary/aromatic N) is 1. The van der Waals surface area contributed by atoms with E-state index < -0.39 is 17.0 Å². The van der Waals surface area contributed by atoms with Gasteiger partial charge in [-0.25, -0.2) is 0 Å². The Morgan fingerprint density at radius 3 is 1.08 bits per heavy atom. The molecule has 0 aliphatic carbocycles. The predicted molar refractivity (Wildman–Crippen MR) is 20.4 cm³/mol. The smallest absolute Gasteiger partial charge is 0.0870 e. The molecule has 12 heavy (non-hydrogen) atoms. The van der Waals surface area contributed by atoms with E-state index >= 15 is 0 Å². The fourth-order valence-electron chi connectivity index (χ4n) is 0. The Bertz CT molecular complexity index is 143. The Kier molecular flexibility index (Phi) is 24.2. The van der Waals surface area contributed by atoms with Crippen molar-refractivity contribution in [2.24, 2.45) is 0 Å². The van der Waals surface area contributed by atoms with Crippen LogP contribution in [0.1, 0.15) is 0 Å². The second-order valence-corrected chi connectivity index (χ2v) is 0.799. The van der Waals surface area contributed by atoms with E-state index in [-0.39, 0.29) is 36.5 Å². The van der Waals surface area contributed by atoms with E-state index in [9.17, 15) is 0 Å². The van der Waals surface area contributed by atoms with Gasteiger partial charge in [0.1, 0.15) is 0 Å². The first-order chi connectivity index (χ1) is 4.37. The quantitative estimate of drug-likeness (QED) is 0.190. The summed E-state index contributed by atoms with van der Waals surface area (Å²) < 4.78 is 0. The molecule has 10 heteroatoms. The number of carboxylic acids is 2. The first kappa shape index (κ1) is 22.5. The van der Waals surface area contributed by atoms with Crippen LogP contribution in [0.3, 0.4) is 0 Å². The summed E-state index contributed by atoms with van der Waals surface area (Å²) in [5, 5.41) is 32.6. The molecule has 0 aromatic heterocycles. The summed E-state index contributed by atoms with van der Waals surface area (Å²) >= 11 is 0. The van der Waals surface area contributed by atoms with Crippen molar-refractivity contribution >= 4 is 11.9 Å². The first-order valence-corrected chi connectivity index (χ1v) is 1.61. The molecule has 0 aliphatic heterocycles. The molecule has 0 aromatic carbocycles. The molecule has 0 saturated carbocycles. The third-order valence-corrected chi connectivity index (χ3v) is 0.167. The molecule has 0 unspecified atom stereocenters. The predicted octanol–water partition coefficient (Wildman–Crippen LogP) is -3.76. The maximum absolute atomic E-state index is 8.93. The van der Waals surface area contributed by atoms with Gasteiger partial charge in [0.15, 0.2) is 0 Å². The summed E-state index contributed by atoms with van der Waals surface area (Å²) in [6, 6.07) is 0. The molecule has 0 atom stereocenters. The zero-order valence-corrected chi connectivity index (χ0v) is 9.44. The van der Waals surface area contributed by atoms with Crippen LogP contribution in [0.5, 0.6) is 0 Å². The van der Waals surface area contributed by atoms with E-state index in [0.29, 0.717) is 0 Å². The summed E-state index contributed by atoms with van der Waals surface area (Å²) in [5.41, 5.74) is 0. The van der Waals surface area contributed by atoms with Crippen LogP contribution in [0.4, 0.5) is 0 Å². The van der Waals surface area contributed by atoms with Gasteiger partial charge in [-0.3, -0.25) is 0 Å². The fourth-order valence-corrected chi connectivity index (χ4v) is 0. The second kappa shape index (κ2) is 12.9. The van der Waals surface area contributed by atoms with Gasteiger partial charge in [-0.15, -0.1) is 0 Å². The van der Waals surface area contributed by atoms with Gasteiger partial charge in [-0.05, 0) is 0 Å². The van der Waals surface area contributed by atoms with Crippen molar-refractivity contribution in [3.05, 3.63) is 15.3 Å². The first-order valence-electron chi connectivity index (χ1n) is 1.61. The molecule has 0 fully saturated rings. The second-order valence-electron chi connectivity index (χ2n) is 0.799. The van der Waals surface area contributed by atoms with Crippen molar-refractivity contribution < 1.29 is 61.4 Å². The Morgan fingerprint density at radius 2 is 1.08 bits per heavy atom. The SMILES string of the molecule is O=C([O-])C(=O)[O-].O=[N+]([O-])[O-].[Fe].[Zn]. The van der Waals surface area contributed by atoms with Crippen molar-refractivity contribution in [3.8, 4) is 0 Å². The summed E-state index contributed by atoms with van der Waals surface area (Å²) in [5.74, 6) is -4.37. The van der Waals surface area contributed by atoms with Gasteiger partial charge in [-0.1, -0.05) is 0 Å². The van der Waals surface area contributed by atoms with Crippen LogP contribution in [-0.2, 0) is 46.1 Å². The molecule has 68 valence electrons. The summed E-state index contributed by atoms with van der Waals surface area (Å²) in [6.45, 7) is 0. The van der Waals surface area contributed by atoms with Gasteiger partial charge in [-0.2, -0.15) is 0 Å². The summed E-state index contributed by atoms with van der Waals surface area (Å²) in [7, 11) is 0. The fraction of sp³-hybridized carbons (Fsp3) is 0. The zero-order chi connectivity index (χ0) is 8.73. The van der Waals surface area contributed by atoms with E-state index in [0.717, 1.165) is 0 Å². The monoisotopic (exact) mass is 270 g/mol. The Labute approximate surface area is 88.9 Å². The molecular weight excluding hydrogens is 271 g/mol. The topological polar surface area (TPSA) is 146 Å². The minimum absolute atomic E-state index is 0. The molecule has 8 nitrogen and oxygen atoms in total. The average Bonchev–Trinajstić information content (AvgIpc) is 1.63. The van der Waals surface area contributed by atoms with Crippen molar-refractivity contribution in [2.45, 2.75) is 0 Å². The van der Waals surface area contributed by atoms with Crippen molar-refractivity contribution in [1.29, 1.82) is 0 Å². The minimum Gasteiger partial charge on any atom is -0.543 e. The number of carbonyl (C=O) groups excluding carboxylic acids is 2. The standard InChI is InChI=1S/C2H2O4.Fe.NO3.Zn/c3-1(4)2(5)6;;2-1(3)4;/h(H,3,4)(H,5,6);;;/q;;-1;/p-2. The van der Waals surface area contributed by atoms with Gasteiger partial charge in [0.2, 0.25) is 0 Å². The summed E-state index contributed by atoms with van der Waals surface area (Å²) in [6.07, 6.45) is 0. The third-order valence-electron chi connectivity index (χ3n) is 0.167. The number of rotatable bonds is 0. The number of hydrogen-bond donors (Lipinski definition) is 0. The van der Waals surface area contributed by atoms with Gasteiger partial charge < -0.3 is 35.1 Å². The molecule has 0 aliphatic rings. The molecule has 0 heterocycles. The molecule has 0 amide bonds. The average molecular weight is 271 g/mol. The number of carboxylic acid groups (broad SMARTS) is 2. The Morgan fingerprint density at radius 1 is 1.00 bits per heavy atom. The molecule has 0 rings (SSSR count). The number of hydrogen-bond acceptors (Lipinski definition) is 7. The van der Waals surface area contributed by atoms with Crippen LogP contribution in [0, 0.1) is 15.3 Å². The molecule has 0 saturated heterocycles. The van der Waals surface area contributed by atoms with Gasteiger partial charge in [0.05, 0.1) is 17.0 Å². The van der Waals surface area contributed by atoms with Crippen LogP contribution >= 0.6 is 0 Å². The number of aliphatic carboxylic acids is 2. The van der Waals surface area contributed by atoms with Crippen molar-refractivity contribution in [3.63, 3.8) is 0 Å². The van der Waals surface area contributed by atoms with Gasteiger partial charge in [0.25, 0.3) is 0 Å². The van der Waals surface area contributed by atoms with E-state index in [1.807, 2.05) is 0 Å². The third kappa shape index (κ3) is 59.1.